The molecule has 0 aliphatic rings. The Morgan fingerprint density at radius 2 is 2.15 bits per heavy atom. The predicted molar refractivity (Wildman–Crippen MR) is 77.5 cm³/mol. The monoisotopic (exact) mass is 288 g/mol. The van der Waals surface area contributed by atoms with Crippen LogP contribution in [0.25, 0.3) is 0 Å². The van der Waals surface area contributed by atoms with Crippen LogP contribution in [-0.4, -0.2) is 20.5 Å². The summed E-state index contributed by atoms with van der Waals surface area (Å²) in [5, 5.41) is 17.6. The molecule has 1 aromatic carbocycles. The highest BCUT2D eigenvalue weighted by molar-refractivity contribution is 7.99. The average Bonchev–Trinajstić information content (AvgIpc) is 2.86. The van der Waals surface area contributed by atoms with Crippen LogP contribution in [-0.2, 0) is 13.2 Å². The van der Waals surface area contributed by atoms with Gasteiger partial charge >= 0.3 is 0 Å². The molecule has 0 N–H and O–H groups in total. The zero-order chi connectivity index (χ0) is 14.4. The fraction of sp³-hybridized carbons (Fsp3) is 0.357. The highest BCUT2D eigenvalue weighted by atomic mass is 32.2. The minimum absolute atomic E-state index is 0.372. The van der Waals surface area contributed by atoms with Crippen LogP contribution in [0.5, 0.6) is 5.75 Å². The largest absolute Gasteiger partial charge is 0.485 e. The van der Waals surface area contributed by atoms with Crippen molar-refractivity contribution in [1.29, 1.82) is 5.26 Å². The summed E-state index contributed by atoms with van der Waals surface area (Å²) in [6, 6.07) is 9.96. The molecule has 0 radical (unpaired) electrons. The number of nitriles is 1. The molecular weight excluding hydrogens is 272 g/mol. The van der Waals surface area contributed by atoms with Crippen molar-refractivity contribution in [3.8, 4) is 11.8 Å². The van der Waals surface area contributed by atoms with Gasteiger partial charge in [-0.3, -0.25) is 0 Å². The van der Waals surface area contributed by atoms with Crippen LogP contribution in [0, 0.1) is 18.3 Å². The molecule has 2 aromatic rings. The molecule has 0 bridgehead atoms. The molecule has 0 amide bonds. The lowest BCUT2D eigenvalue weighted by molar-refractivity contribution is 0.286. The maximum Gasteiger partial charge on any atom is 0.192 e. The van der Waals surface area contributed by atoms with E-state index in [0.29, 0.717) is 12.4 Å². The Morgan fingerprint density at radius 1 is 1.35 bits per heavy atom. The Balaban J connectivity index is 2.08. The van der Waals surface area contributed by atoms with Crippen molar-refractivity contribution in [3.63, 3.8) is 0 Å². The zero-order valence-electron chi connectivity index (χ0n) is 11.5. The van der Waals surface area contributed by atoms with Crippen LogP contribution in [0.3, 0.4) is 0 Å². The van der Waals surface area contributed by atoms with Gasteiger partial charge in [0.2, 0.25) is 0 Å². The van der Waals surface area contributed by atoms with Gasteiger partial charge in [0.15, 0.2) is 11.0 Å². The van der Waals surface area contributed by atoms with E-state index in [-0.39, 0.29) is 0 Å². The fourth-order valence-corrected chi connectivity index (χ4v) is 2.49. The summed E-state index contributed by atoms with van der Waals surface area (Å²) in [7, 11) is 0. The Labute approximate surface area is 122 Å². The van der Waals surface area contributed by atoms with Crippen LogP contribution in [0.15, 0.2) is 29.4 Å². The first-order valence-corrected chi connectivity index (χ1v) is 7.35. The number of benzene rings is 1. The summed E-state index contributed by atoms with van der Waals surface area (Å²) >= 11 is 1.39. The van der Waals surface area contributed by atoms with Crippen molar-refractivity contribution in [2.75, 3.05) is 5.75 Å². The first-order chi connectivity index (χ1) is 9.76. The van der Waals surface area contributed by atoms with Gasteiger partial charge in [-0.1, -0.05) is 30.0 Å². The van der Waals surface area contributed by atoms with Crippen LogP contribution in [0.1, 0.15) is 18.3 Å². The summed E-state index contributed by atoms with van der Waals surface area (Å²) < 4.78 is 7.76. The molecule has 0 unspecified atom stereocenters. The average molecular weight is 288 g/mol. The number of aromatic nitrogens is 3. The third kappa shape index (κ3) is 3.31. The van der Waals surface area contributed by atoms with E-state index in [0.717, 1.165) is 28.8 Å². The first kappa shape index (κ1) is 14.4. The van der Waals surface area contributed by atoms with Crippen molar-refractivity contribution in [1.82, 2.24) is 14.8 Å². The molecule has 1 aromatic heterocycles. The summed E-state index contributed by atoms with van der Waals surface area (Å²) in [4.78, 5) is 0. The second kappa shape index (κ2) is 6.96. The van der Waals surface area contributed by atoms with Gasteiger partial charge in [0.25, 0.3) is 0 Å². The van der Waals surface area contributed by atoms with Crippen LogP contribution >= 0.6 is 11.8 Å². The van der Waals surface area contributed by atoms with E-state index < -0.39 is 0 Å². The highest BCUT2D eigenvalue weighted by Gasteiger charge is 2.12. The number of ether oxygens (including phenoxy) is 1. The minimum Gasteiger partial charge on any atom is -0.485 e. The molecule has 0 fully saturated rings. The van der Waals surface area contributed by atoms with Crippen molar-refractivity contribution >= 4 is 11.8 Å². The van der Waals surface area contributed by atoms with E-state index in [1.54, 1.807) is 0 Å². The van der Waals surface area contributed by atoms with Crippen molar-refractivity contribution in [2.45, 2.75) is 32.2 Å². The first-order valence-electron chi connectivity index (χ1n) is 6.36. The summed E-state index contributed by atoms with van der Waals surface area (Å²) in [5.41, 5.74) is 1.09. The second-order valence-electron chi connectivity index (χ2n) is 4.14. The molecule has 0 aliphatic carbocycles. The molecule has 1 heterocycles. The van der Waals surface area contributed by atoms with Gasteiger partial charge in [0, 0.05) is 6.54 Å². The third-order valence-electron chi connectivity index (χ3n) is 2.83. The number of nitrogens with zero attached hydrogens (tertiary/aromatic N) is 4. The fourth-order valence-electron chi connectivity index (χ4n) is 1.81. The van der Waals surface area contributed by atoms with Gasteiger partial charge in [-0.15, -0.1) is 10.2 Å². The maximum absolute atomic E-state index is 8.63. The quantitative estimate of drug-likeness (QED) is 0.765. The molecule has 0 aliphatic heterocycles. The standard InChI is InChI=1S/C14H16N4OS/c1-3-18-13(16-17-14(18)20-9-8-15)10-19-12-7-5-4-6-11(12)2/h4-7H,3,9-10H2,1-2H3. The summed E-state index contributed by atoms with van der Waals surface area (Å²) in [6.45, 7) is 5.16. The lowest BCUT2D eigenvalue weighted by atomic mass is 10.2. The smallest absolute Gasteiger partial charge is 0.192 e. The van der Waals surface area contributed by atoms with Gasteiger partial charge in [-0.05, 0) is 25.5 Å². The van der Waals surface area contributed by atoms with E-state index >= 15 is 0 Å². The molecular formula is C14H16N4OS. The predicted octanol–water partition coefficient (Wildman–Crippen LogP) is 2.80. The molecule has 104 valence electrons. The number of rotatable bonds is 6. The maximum atomic E-state index is 8.63. The highest BCUT2D eigenvalue weighted by Crippen LogP contribution is 2.20. The Bertz CT molecular complexity index is 618. The molecule has 20 heavy (non-hydrogen) atoms. The number of aryl methyl sites for hydroxylation is 1. The van der Waals surface area contributed by atoms with Gasteiger partial charge < -0.3 is 9.30 Å². The number of para-hydroxylation sites is 1. The van der Waals surface area contributed by atoms with Gasteiger partial charge in [0.1, 0.15) is 12.4 Å². The topological polar surface area (TPSA) is 63.7 Å². The van der Waals surface area contributed by atoms with Crippen LogP contribution in [0.4, 0.5) is 0 Å². The van der Waals surface area contributed by atoms with E-state index in [1.165, 1.54) is 11.8 Å². The summed E-state index contributed by atoms with van der Waals surface area (Å²) in [6.07, 6.45) is 0. The molecule has 6 heteroatoms. The Kier molecular flexibility index (Phi) is 5.02. The SMILES string of the molecule is CCn1c(COc2ccccc2C)nnc1SCC#N. The molecule has 0 saturated heterocycles. The lowest BCUT2D eigenvalue weighted by Crippen LogP contribution is -2.07. The number of hydrogen-bond donors (Lipinski definition) is 0. The molecule has 0 atom stereocenters. The molecule has 5 nitrogen and oxygen atoms in total. The van der Waals surface area contributed by atoms with Crippen molar-refractivity contribution in [3.05, 3.63) is 35.7 Å². The van der Waals surface area contributed by atoms with E-state index in [4.69, 9.17) is 10.00 Å². The lowest BCUT2D eigenvalue weighted by Gasteiger charge is -2.09. The van der Waals surface area contributed by atoms with Crippen molar-refractivity contribution < 1.29 is 4.74 Å². The second-order valence-corrected chi connectivity index (χ2v) is 5.09. The molecule has 2 rings (SSSR count). The number of hydrogen-bond acceptors (Lipinski definition) is 5. The van der Waals surface area contributed by atoms with Gasteiger partial charge in [-0.2, -0.15) is 5.26 Å². The Hall–Kier alpha value is -2.00. The third-order valence-corrected chi connectivity index (χ3v) is 3.66. The Morgan fingerprint density at radius 3 is 2.85 bits per heavy atom. The number of thioether (sulfide) groups is 1. The normalized spacial score (nSPS) is 10.2. The van der Waals surface area contributed by atoms with E-state index in [1.807, 2.05) is 42.7 Å². The van der Waals surface area contributed by atoms with Crippen molar-refractivity contribution in [2.24, 2.45) is 0 Å². The van der Waals surface area contributed by atoms with Crippen LogP contribution in [0.2, 0.25) is 0 Å². The zero-order valence-corrected chi connectivity index (χ0v) is 12.4. The summed E-state index contributed by atoms with van der Waals surface area (Å²) in [5.74, 6) is 2.00. The van der Waals surface area contributed by atoms with Gasteiger partial charge in [0.05, 0.1) is 11.8 Å². The molecule has 0 saturated carbocycles. The van der Waals surface area contributed by atoms with Crippen LogP contribution < -0.4 is 4.74 Å². The minimum atomic E-state index is 0.372. The van der Waals surface area contributed by atoms with Gasteiger partial charge in [-0.25, -0.2) is 0 Å². The molecule has 0 spiro atoms. The van der Waals surface area contributed by atoms with E-state index in [9.17, 15) is 0 Å². The van der Waals surface area contributed by atoms with E-state index in [2.05, 4.69) is 16.3 Å².